The van der Waals surface area contributed by atoms with E-state index in [1.165, 1.54) is 5.56 Å². The summed E-state index contributed by atoms with van der Waals surface area (Å²) >= 11 is 0. The van der Waals surface area contributed by atoms with Crippen LogP contribution in [0.15, 0.2) is 30.5 Å². The number of nitrogens with zero attached hydrogens (tertiary/aromatic N) is 6. The molecule has 0 bridgehead atoms. The molecule has 2 aromatic heterocycles. The smallest absolute Gasteiger partial charge is 0.274 e. The monoisotopic (exact) mass is 492 g/mol. The van der Waals surface area contributed by atoms with Crippen LogP contribution in [-0.2, 0) is 32.6 Å². The van der Waals surface area contributed by atoms with E-state index in [0.717, 1.165) is 67.2 Å². The summed E-state index contributed by atoms with van der Waals surface area (Å²) in [5, 5.41) is 19.6. The Labute approximate surface area is 212 Å². The third-order valence-electron chi connectivity index (χ3n) is 7.33. The van der Waals surface area contributed by atoms with Crippen LogP contribution in [0.5, 0.6) is 5.75 Å². The number of hydrogen-bond acceptors (Lipinski definition) is 6. The molecule has 9 nitrogen and oxygen atoms in total. The predicted octanol–water partition coefficient (Wildman–Crippen LogP) is 2.62. The maximum Gasteiger partial charge on any atom is 0.274 e. The van der Waals surface area contributed by atoms with Gasteiger partial charge in [0.1, 0.15) is 5.75 Å². The first-order valence-corrected chi connectivity index (χ1v) is 12.9. The second-order valence-corrected chi connectivity index (χ2v) is 9.89. The Hall–Kier alpha value is -3.17. The summed E-state index contributed by atoms with van der Waals surface area (Å²) in [4.78, 5) is 17.8. The number of ether oxygens (including phenoxy) is 1. The van der Waals surface area contributed by atoms with Gasteiger partial charge in [0.05, 0.1) is 25.5 Å². The van der Waals surface area contributed by atoms with Crippen LogP contribution < -0.4 is 4.74 Å². The molecule has 1 saturated heterocycles. The van der Waals surface area contributed by atoms with Crippen molar-refractivity contribution in [2.24, 2.45) is 0 Å². The first-order chi connectivity index (χ1) is 17.4. The van der Waals surface area contributed by atoms with Gasteiger partial charge in [0.2, 0.25) is 0 Å². The van der Waals surface area contributed by atoms with Crippen LogP contribution in [0.25, 0.3) is 0 Å². The highest BCUT2D eigenvalue weighted by molar-refractivity contribution is 5.94. The lowest BCUT2D eigenvalue weighted by molar-refractivity contribution is 0.0466. The number of fused-ring (bicyclic) bond motifs is 1. The lowest BCUT2D eigenvalue weighted by Crippen LogP contribution is -2.43. The molecule has 1 atom stereocenters. The van der Waals surface area contributed by atoms with Gasteiger partial charge in [0.25, 0.3) is 5.91 Å². The molecular weight excluding hydrogens is 456 g/mol. The van der Waals surface area contributed by atoms with E-state index >= 15 is 0 Å². The lowest BCUT2D eigenvalue weighted by Gasteiger charge is -2.31. The van der Waals surface area contributed by atoms with Gasteiger partial charge in [-0.25, -0.2) is 0 Å². The molecule has 3 aromatic rings. The summed E-state index contributed by atoms with van der Waals surface area (Å²) in [6.45, 7) is 8.96. The molecule has 0 saturated carbocycles. The van der Waals surface area contributed by atoms with E-state index in [-0.39, 0.29) is 5.91 Å². The average molecular weight is 493 g/mol. The maximum atomic E-state index is 13.6. The third-order valence-corrected chi connectivity index (χ3v) is 7.33. The second-order valence-electron chi connectivity index (χ2n) is 9.89. The number of carbonyl (C=O) groups is 1. The minimum Gasteiger partial charge on any atom is -0.497 e. The number of amides is 1. The van der Waals surface area contributed by atoms with Crippen LogP contribution >= 0.6 is 0 Å². The minimum atomic E-state index is -0.466. The number of benzene rings is 1. The fourth-order valence-corrected chi connectivity index (χ4v) is 5.33. The van der Waals surface area contributed by atoms with Gasteiger partial charge in [-0.15, -0.1) is 0 Å². The SMILES string of the molecule is CCn1cc(CN2CCc3c(c(C(=O)N4CCC[C@@H](O)C4)nn3Cc3cccc(OC)c3)C2)c(C)n1. The summed E-state index contributed by atoms with van der Waals surface area (Å²) in [6, 6.07) is 7.98. The van der Waals surface area contributed by atoms with E-state index in [9.17, 15) is 9.90 Å². The summed E-state index contributed by atoms with van der Waals surface area (Å²) in [6.07, 6.45) is 4.03. The number of aromatic nitrogens is 4. The molecule has 1 N–H and O–H groups in total. The molecular formula is C27H36N6O3. The quantitative estimate of drug-likeness (QED) is 0.546. The van der Waals surface area contributed by atoms with E-state index in [1.807, 2.05) is 27.6 Å². The number of β-amino-alcohol motifs (C(OH)–C–C–N with tert-alkyl or cyclic N) is 1. The molecule has 4 heterocycles. The fourth-order valence-electron chi connectivity index (χ4n) is 5.33. The van der Waals surface area contributed by atoms with Crippen molar-refractivity contribution in [3.05, 3.63) is 64.2 Å². The Morgan fingerprint density at radius 3 is 2.83 bits per heavy atom. The Morgan fingerprint density at radius 1 is 1.22 bits per heavy atom. The van der Waals surface area contributed by atoms with Crippen molar-refractivity contribution in [3.8, 4) is 5.75 Å². The molecule has 36 heavy (non-hydrogen) atoms. The molecule has 9 heteroatoms. The molecule has 5 rings (SSSR count). The van der Waals surface area contributed by atoms with Crippen molar-refractivity contribution in [1.29, 1.82) is 0 Å². The van der Waals surface area contributed by atoms with Gasteiger partial charge in [-0.05, 0) is 44.4 Å². The molecule has 0 spiro atoms. The highest BCUT2D eigenvalue weighted by atomic mass is 16.5. The molecule has 2 aliphatic heterocycles. The molecule has 2 aliphatic rings. The molecule has 0 radical (unpaired) electrons. The number of hydrogen-bond donors (Lipinski definition) is 1. The van der Waals surface area contributed by atoms with E-state index in [1.54, 1.807) is 12.0 Å². The zero-order valence-corrected chi connectivity index (χ0v) is 21.5. The van der Waals surface area contributed by atoms with E-state index in [2.05, 4.69) is 36.1 Å². The molecule has 0 aliphatic carbocycles. The van der Waals surface area contributed by atoms with E-state index in [4.69, 9.17) is 9.84 Å². The van der Waals surface area contributed by atoms with Gasteiger partial charge in [-0.1, -0.05) is 12.1 Å². The van der Waals surface area contributed by atoms with Gasteiger partial charge >= 0.3 is 0 Å². The van der Waals surface area contributed by atoms with Crippen molar-refractivity contribution >= 4 is 5.91 Å². The minimum absolute atomic E-state index is 0.0776. The zero-order valence-electron chi connectivity index (χ0n) is 21.5. The number of aliphatic hydroxyl groups excluding tert-OH is 1. The number of piperidine rings is 1. The summed E-state index contributed by atoms with van der Waals surface area (Å²) in [5.74, 6) is 0.729. The second kappa shape index (κ2) is 10.4. The fraction of sp³-hybridized carbons (Fsp3) is 0.519. The first kappa shape index (κ1) is 24.5. The molecule has 192 valence electrons. The standard InChI is InChI=1S/C27H36N6O3/c1-4-32-16-21(19(2)28-32)15-30-12-10-25-24(18-30)26(27(35)31-11-6-8-22(34)17-31)29-33(25)14-20-7-5-9-23(13-20)36-3/h5,7,9,13,16,22,34H,4,6,8,10-12,14-15,17-18H2,1-3H3/t22-/m1/s1. The summed E-state index contributed by atoms with van der Waals surface area (Å²) < 4.78 is 9.37. The number of rotatable bonds is 7. The largest absolute Gasteiger partial charge is 0.497 e. The molecule has 0 unspecified atom stereocenters. The molecule has 1 fully saturated rings. The van der Waals surface area contributed by atoms with Crippen molar-refractivity contribution in [3.63, 3.8) is 0 Å². The van der Waals surface area contributed by atoms with Crippen molar-refractivity contribution in [2.75, 3.05) is 26.7 Å². The van der Waals surface area contributed by atoms with Gasteiger partial charge in [-0.2, -0.15) is 10.2 Å². The molecule has 1 aromatic carbocycles. The van der Waals surface area contributed by atoms with Crippen LogP contribution in [-0.4, -0.2) is 73.2 Å². The third kappa shape index (κ3) is 5.03. The zero-order chi connectivity index (χ0) is 25.2. The van der Waals surface area contributed by atoms with Crippen molar-refractivity contribution < 1.29 is 14.6 Å². The Morgan fingerprint density at radius 2 is 2.08 bits per heavy atom. The highest BCUT2D eigenvalue weighted by Gasteiger charge is 2.32. The van der Waals surface area contributed by atoms with Crippen LogP contribution in [0.3, 0.4) is 0 Å². The van der Waals surface area contributed by atoms with Crippen molar-refractivity contribution in [2.45, 2.75) is 65.4 Å². The number of likely N-dealkylation sites (tertiary alicyclic amines) is 1. The normalized spacial score (nSPS) is 18.3. The van der Waals surface area contributed by atoms with Gasteiger partial charge in [0, 0.05) is 68.7 Å². The Kier molecular flexibility index (Phi) is 7.11. The summed E-state index contributed by atoms with van der Waals surface area (Å²) in [7, 11) is 1.67. The van der Waals surface area contributed by atoms with Gasteiger partial charge < -0.3 is 14.7 Å². The lowest BCUT2D eigenvalue weighted by atomic mass is 10.0. The van der Waals surface area contributed by atoms with Crippen LogP contribution in [0.2, 0.25) is 0 Å². The van der Waals surface area contributed by atoms with Crippen LogP contribution in [0.1, 0.15) is 58.3 Å². The number of carbonyl (C=O) groups excluding carboxylic acids is 1. The topological polar surface area (TPSA) is 88.7 Å². The Bertz CT molecular complexity index is 1230. The van der Waals surface area contributed by atoms with E-state index < -0.39 is 6.10 Å². The van der Waals surface area contributed by atoms with Gasteiger partial charge in [0.15, 0.2) is 5.69 Å². The highest BCUT2D eigenvalue weighted by Crippen LogP contribution is 2.27. The number of methoxy groups -OCH3 is 1. The first-order valence-electron chi connectivity index (χ1n) is 12.9. The number of aryl methyl sites for hydroxylation is 2. The van der Waals surface area contributed by atoms with Gasteiger partial charge in [-0.3, -0.25) is 19.1 Å². The number of aliphatic hydroxyl groups is 1. The van der Waals surface area contributed by atoms with Crippen LogP contribution in [0.4, 0.5) is 0 Å². The average Bonchev–Trinajstić information content (AvgIpc) is 3.43. The van der Waals surface area contributed by atoms with E-state index in [0.29, 0.717) is 31.9 Å². The molecule has 1 amide bonds. The maximum absolute atomic E-state index is 13.6. The van der Waals surface area contributed by atoms with Crippen LogP contribution in [0, 0.1) is 6.92 Å². The Balaban J connectivity index is 1.45. The van der Waals surface area contributed by atoms with Crippen molar-refractivity contribution in [1.82, 2.24) is 29.4 Å². The summed E-state index contributed by atoms with van der Waals surface area (Å²) in [5.41, 5.74) is 6.00. The predicted molar refractivity (Wildman–Crippen MR) is 136 cm³/mol.